The molecule has 0 aliphatic carbocycles. The van der Waals surface area contributed by atoms with Crippen LogP contribution in [-0.4, -0.2) is 6.61 Å². The molecule has 2 rings (SSSR count). The summed E-state index contributed by atoms with van der Waals surface area (Å²) in [6.07, 6.45) is 1.03. The minimum atomic E-state index is 0.773. The zero-order valence-electron chi connectivity index (χ0n) is 12.6. The van der Waals surface area contributed by atoms with E-state index in [-0.39, 0.29) is 0 Å². The molecule has 0 atom stereocenters. The molecule has 0 aliphatic heterocycles. The van der Waals surface area contributed by atoms with Gasteiger partial charge in [-0.05, 0) is 61.2 Å². The summed E-state index contributed by atoms with van der Waals surface area (Å²) in [5, 5.41) is 3.44. The van der Waals surface area contributed by atoms with Gasteiger partial charge in [0, 0.05) is 12.2 Å². The lowest BCUT2D eigenvalue weighted by Gasteiger charge is -2.10. The second-order valence-corrected chi connectivity index (χ2v) is 5.15. The zero-order valence-corrected chi connectivity index (χ0v) is 12.6. The Bertz CT molecular complexity index is 546. The molecule has 0 aliphatic rings. The van der Waals surface area contributed by atoms with Gasteiger partial charge in [-0.15, -0.1) is 0 Å². The van der Waals surface area contributed by atoms with Crippen molar-refractivity contribution >= 4 is 5.69 Å². The lowest BCUT2D eigenvalue weighted by Crippen LogP contribution is -2.00. The van der Waals surface area contributed by atoms with E-state index in [0.29, 0.717) is 0 Å². The SMILES string of the molecule is CCCOc1ccc(NCc2ccc(C)c(C)c2)cc1. The highest BCUT2D eigenvalue weighted by Crippen LogP contribution is 2.17. The highest BCUT2D eigenvalue weighted by molar-refractivity contribution is 5.47. The molecule has 0 radical (unpaired) electrons. The predicted molar refractivity (Wildman–Crippen MR) is 85.5 cm³/mol. The molecule has 0 saturated heterocycles. The predicted octanol–water partition coefficient (Wildman–Crippen LogP) is 4.70. The first-order valence-corrected chi connectivity index (χ1v) is 7.22. The summed E-state index contributed by atoms with van der Waals surface area (Å²) in [7, 11) is 0. The quantitative estimate of drug-likeness (QED) is 0.820. The van der Waals surface area contributed by atoms with Crippen molar-refractivity contribution in [2.75, 3.05) is 11.9 Å². The van der Waals surface area contributed by atoms with Crippen LogP contribution in [0.4, 0.5) is 5.69 Å². The van der Waals surface area contributed by atoms with Crippen molar-refractivity contribution in [2.24, 2.45) is 0 Å². The van der Waals surface area contributed by atoms with Crippen LogP contribution in [0.2, 0.25) is 0 Å². The number of hydrogen-bond donors (Lipinski definition) is 1. The Kier molecular flexibility index (Phi) is 5.05. The standard InChI is InChI=1S/C18H23NO/c1-4-11-20-18-9-7-17(8-10-18)19-13-16-6-5-14(2)15(3)12-16/h5-10,12,19H,4,11,13H2,1-3H3. The molecular formula is C18H23NO. The second-order valence-electron chi connectivity index (χ2n) is 5.15. The monoisotopic (exact) mass is 269 g/mol. The van der Waals surface area contributed by atoms with Crippen LogP contribution >= 0.6 is 0 Å². The lowest BCUT2D eigenvalue weighted by atomic mass is 10.1. The Hall–Kier alpha value is -1.96. The van der Waals surface area contributed by atoms with Gasteiger partial charge in [0.05, 0.1) is 6.61 Å². The molecule has 0 spiro atoms. The molecule has 0 heterocycles. The van der Waals surface area contributed by atoms with Crippen LogP contribution < -0.4 is 10.1 Å². The molecule has 2 aromatic rings. The molecule has 0 fully saturated rings. The fourth-order valence-corrected chi connectivity index (χ4v) is 2.01. The van der Waals surface area contributed by atoms with E-state index < -0.39 is 0 Å². The third-order valence-electron chi connectivity index (χ3n) is 3.40. The van der Waals surface area contributed by atoms with E-state index in [1.807, 2.05) is 12.1 Å². The smallest absolute Gasteiger partial charge is 0.119 e. The van der Waals surface area contributed by atoms with Gasteiger partial charge in [-0.25, -0.2) is 0 Å². The first kappa shape index (κ1) is 14.4. The van der Waals surface area contributed by atoms with Crippen LogP contribution in [0.5, 0.6) is 5.75 Å². The first-order valence-electron chi connectivity index (χ1n) is 7.22. The summed E-state index contributed by atoms with van der Waals surface area (Å²) in [6, 6.07) is 14.7. The molecule has 0 saturated carbocycles. The largest absolute Gasteiger partial charge is 0.494 e. The fraction of sp³-hybridized carbons (Fsp3) is 0.333. The molecule has 2 aromatic carbocycles. The molecule has 0 aromatic heterocycles. The highest BCUT2D eigenvalue weighted by Gasteiger charge is 1.98. The van der Waals surface area contributed by atoms with E-state index in [4.69, 9.17) is 4.74 Å². The Morgan fingerprint density at radius 1 is 0.950 bits per heavy atom. The molecule has 20 heavy (non-hydrogen) atoms. The topological polar surface area (TPSA) is 21.3 Å². The van der Waals surface area contributed by atoms with E-state index in [9.17, 15) is 0 Å². The van der Waals surface area contributed by atoms with Crippen molar-refractivity contribution in [3.05, 3.63) is 59.2 Å². The molecule has 2 heteroatoms. The molecular weight excluding hydrogens is 246 g/mol. The maximum Gasteiger partial charge on any atom is 0.119 e. The van der Waals surface area contributed by atoms with Gasteiger partial charge < -0.3 is 10.1 Å². The van der Waals surface area contributed by atoms with Crippen LogP contribution in [0.1, 0.15) is 30.0 Å². The summed E-state index contributed by atoms with van der Waals surface area (Å²) in [4.78, 5) is 0. The number of benzene rings is 2. The van der Waals surface area contributed by atoms with Crippen LogP contribution in [0.3, 0.4) is 0 Å². The van der Waals surface area contributed by atoms with Crippen LogP contribution in [-0.2, 0) is 6.54 Å². The van der Waals surface area contributed by atoms with Crippen LogP contribution in [0.25, 0.3) is 0 Å². The number of rotatable bonds is 6. The van der Waals surface area contributed by atoms with E-state index >= 15 is 0 Å². The van der Waals surface area contributed by atoms with Crippen LogP contribution in [0, 0.1) is 13.8 Å². The van der Waals surface area contributed by atoms with E-state index in [0.717, 1.165) is 31.0 Å². The summed E-state index contributed by atoms with van der Waals surface area (Å²) >= 11 is 0. The fourth-order valence-electron chi connectivity index (χ4n) is 2.01. The van der Waals surface area contributed by atoms with Crippen molar-refractivity contribution in [2.45, 2.75) is 33.7 Å². The lowest BCUT2D eigenvalue weighted by molar-refractivity contribution is 0.317. The Balaban J connectivity index is 1.91. The molecule has 0 bridgehead atoms. The number of nitrogens with one attached hydrogen (secondary N) is 1. The zero-order chi connectivity index (χ0) is 14.4. The maximum atomic E-state index is 5.57. The van der Waals surface area contributed by atoms with Gasteiger partial charge in [-0.2, -0.15) is 0 Å². The van der Waals surface area contributed by atoms with Crippen molar-refractivity contribution < 1.29 is 4.74 Å². The first-order chi connectivity index (χ1) is 9.69. The molecule has 0 unspecified atom stereocenters. The van der Waals surface area contributed by atoms with Gasteiger partial charge in [-0.3, -0.25) is 0 Å². The van der Waals surface area contributed by atoms with Gasteiger partial charge in [0.15, 0.2) is 0 Å². The summed E-state index contributed by atoms with van der Waals surface area (Å²) < 4.78 is 5.57. The number of hydrogen-bond acceptors (Lipinski definition) is 2. The van der Waals surface area contributed by atoms with Crippen molar-refractivity contribution in [3.63, 3.8) is 0 Å². The third kappa shape index (κ3) is 4.02. The highest BCUT2D eigenvalue weighted by atomic mass is 16.5. The average Bonchev–Trinajstić information content (AvgIpc) is 2.47. The Morgan fingerprint density at radius 3 is 2.35 bits per heavy atom. The molecule has 106 valence electrons. The number of aryl methyl sites for hydroxylation is 2. The van der Waals surface area contributed by atoms with E-state index in [2.05, 4.69) is 56.4 Å². The number of ether oxygens (including phenoxy) is 1. The van der Waals surface area contributed by atoms with Gasteiger partial charge >= 0.3 is 0 Å². The molecule has 0 amide bonds. The molecule has 1 N–H and O–H groups in total. The average molecular weight is 269 g/mol. The number of anilines is 1. The van der Waals surface area contributed by atoms with Gasteiger partial charge in [0.2, 0.25) is 0 Å². The van der Waals surface area contributed by atoms with Crippen molar-refractivity contribution in [1.82, 2.24) is 0 Å². The second kappa shape index (κ2) is 6.99. The van der Waals surface area contributed by atoms with Gasteiger partial charge in [-0.1, -0.05) is 25.1 Å². The van der Waals surface area contributed by atoms with Crippen molar-refractivity contribution in [3.8, 4) is 5.75 Å². The normalized spacial score (nSPS) is 10.3. The summed E-state index contributed by atoms with van der Waals surface area (Å²) in [6.45, 7) is 8.02. The van der Waals surface area contributed by atoms with Gasteiger partial charge in [0.25, 0.3) is 0 Å². The minimum Gasteiger partial charge on any atom is -0.494 e. The van der Waals surface area contributed by atoms with Gasteiger partial charge in [0.1, 0.15) is 5.75 Å². The minimum absolute atomic E-state index is 0.773. The Labute approximate surface area is 121 Å². The maximum absolute atomic E-state index is 5.57. The van der Waals surface area contributed by atoms with Crippen LogP contribution in [0.15, 0.2) is 42.5 Å². The summed E-state index contributed by atoms with van der Waals surface area (Å²) in [5.74, 6) is 0.934. The Morgan fingerprint density at radius 2 is 1.70 bits per heavy atom. The van der Waals surface area contributed by atoms with E-state index in [1.165, 1.54) is 16.7 Å². The summed E-state index contributed by atoms with van der Waals surface area (Å²) in [5.41, 5.74) is 5.10. The van der Waals surface area contributed by atoms with E-state index in [1.54, 1.807) is 0 Å². The molecule has 2 nitrogen and oxygen atoms in total. The van der Waals surface area contributed by atoms with Crippen molar-refractivity contribution in [1.29, 1.82) is 0 Å². The third-order valence-corrected chi connectivity index (χ3v) is 3.40.